The number of nitrogens with zero attached hydrogens (tertiary/aromatic N) is 1. The van der Waals surface area contributed by atoms with Crippen LogP contribution < -0.4 is 4.74 Å². The zero-order valence-electron chi connectivity index (χ0n) is 20.2. The molecule has 0 bridgehead atoms. The van der Waals surface area contributed by atoms with Crippen molar-refractivity contribution in [2.75, 3.05) is 20.3 Å². The molecule has 4 rings (SSSR count). The van der Waals surface area contributed by atoms with Crippen molar-refractivity contribution in [2.24, 2.45) is 0 Å². The van der Waals surface area contributed by atoms with Gasteiger partial charge in [-0.15, -0.1) is 0 Å². The van der Waals surface area contributed by atoms with Crippen LogP contribution in [0.2, 0.25) is 0 Å². The first-order valence-corrected chi connectivity index (χ1v) is 11.5. The molecule has 180 valence electrons. The summed E-state index contributed by atoms with van der Waals surface area (Å²) in [6.45, 7) is 4.84. The maximum atomic E-state index is 13.1. The van der Waals surface area contributed by atoms with Crippen LogP contribution in [0.5, 0.6) is 5.75 Å². The second-order valence-electron chi connectivity index (χ2n) is 8.63. The van der Waals surface area contributed by atoms with E-state index in [-0.39, 0.29) is 24.5 Å². The average molecular weight is 472 g/mol. The van der Waals surface area contributed by atoms with Crippen molar-refractivity contribution in [3.05, 3.63) is 106 Å². The number of ketones is 1. The molecule has 35 heavy (non-hydrogen) atoms. The predicted molar refractivity (Wildman–Crippen MR) is 134 cm³/mol. The number of carbonyl (C=O) groups is 2. The van der Waals surface area contributed by atoms with Crippen LogP contribution in [0, 0.1) is 13.8 Å². The lowest BCUT2D eigenvalue weighted by molar-refractivity contribution is -0.140. The van der Waals surface area contributed by atoms with Crippen molar-refractivity contribution in [2.45, 2.75) is 26.5 Å². The van der Waals surface area contributed by atoms with Crippen molar-refractivity contribution >= 4 is 17.4 Å². The summed E-state index contributed by atoms with van der Waals surface area (Å²) < 4.78 is 11.1. The molecule has 1 heterocycles. The monoisotopic (exact) mass is 471 g/mol. The molecule has 0 aromatic heterocycles. The number of hydrogen-bond acceptors (Lipinski definition) is 5. The first kappa shape index (κ1) is 24.2. The Balaban J connectivity index is 1.69. The number of ether oxygens (including phenoxy) is 2. The quantitative estimate of drug-likeness (QED) is 0.286. The smallest absolute Gasteiger partial charge is 0.295 e. The maximum Gasteiger partial charge on any atom is 0.295 e. The highest BCUT2D eigenvalue weighted by Gasteiger charge is 2.45. The third-order valence-electron chi connectivity index (χ3n) is 6.30. The predicted octanol–water partition coefficient (Wildman–Crippen LogP) is 4.95. The summed E-state index contributed by atoms with van der Waals surface area (Å²) in [7, 11) is 1.54. The fraction of sp³-hybridized carbons (Fsp3) is 0.241. The van der Waals surface area contributed by atoms with Gasteiger partial charge in [-0.3, -0.25) is 9.59 Å². The van der Waals surface area contributed by atoms with Crippen molar-refractivity contribution in [3.63, 3.8) is 0 Å². The van der Waals surface area contributed by atoms with E-state index in [4.69, 9.17) is 9.47 Å². The third-order valence-corrected chi connectivity index (χ3v) is 6.30. The number of Topliss-reactive ketones (excluding diaryl/α,β-unsaturated/α-hetero) is 1. The van der Waals surface area contributed by atoms with E-state index in [2.05, 4.69) is 0 Å². The van der Waals surface area contributed by atoms with Crippen LogP contribution in [-0.4, -0.2) is 42.0 Å². The van der Waals surface area contributed by atoms with Crippen LogP contribution in [0.3, 0.4) is 0 Å². The second kappa shape index (κ2) is 10.6. The van der Waals surface area contributed by atoms with Gasteiger partial charge < -0.3 is 19.5 Å². The lowest BCUT2D eigenvalue weighted by Crippen LogP contribution is -2.32. The Morgan fingerprint density at radius 2 is 1.66 bits per heavy atom. The maximum absolute atomic E-state index is 13.1. The molecule has 1 aliphatic heterocycles. The van der Waals surface area contributed by atoms with Gasteiger partial charge in [0.1, 0.15) is 18.1 Å². The molecule has 6 nitrogen and oxygen atoms in total. The Morgan fingerprint density at radius 1 is 0.943 bits per heavy atom. The summed E-state index contributed by atoms with van der Waals surface area (Å²) in [5.41, 5.74) is 4.40. The number of aryl methyl sites for hydroxylation is 2. The molecule has 3 aromatic carbocycles. The van der Waals surface area contributed by atoms with Gasteiger partial charge in [-0.05, 0) is 54.3 Å². The number of carbonyl (C=O) groups excluding carboxylic acids is 2. The van der Waals surface area contributed by atoms with Crippen LogP contribution in [-0.2, 0) is 20.9 Å². The molecule has 3 aromatic rings. The van der Waals surface area contributed by atoms with Crippen molar-refractivity contribution in [3.8, 4) is 5.75 Å². The molecule has 1 saturated heterocycles. The molecule has 0 spiro atoms. The largest absolute Gasteiger partial charge is 0.507 e. The van der Waals surface area contributed by atoms with Crippen LogP contribution in [0.15, 0.2) is 78.4 Å². The van der Waals surface area contributed by atoms with Gasteiger partial charge in [0.15, 0.2) is 0 Å². The van der Waals surface area contributed by atoms with Gasteiger partial charge in [-0.25, -0.2) is 0 Å². The van der Waals surface area contributed by atoms with Gasteiger partial charge in [0.25, 0.3) is 11.7 Å². The van der Waals surface area contributed by atoms with E-state index in [1.54, 1.807) is 13.2 Å². The minimum atomic E-state index is -0.727. The lowest BCUT2D eigenvalue weighted by atomic mass is 9.94. The molecule has 1 fully saturated rings. The lowest BCUT2D eigenvalue weighted by Gasteiger charge is -2.25. The Hall–Kier alpha value is -3.90. The van der Waals surface area contributed by atoms with Crippen LogP contribution in [0.25, 0.3) is 5.76 Å². The number of likely N-dealkylation sites (tertiary alicyclic amines) is 1. The third kappa shape index (κ3) is 5.12. The number of aliphatic hydroxyl groups is 1. The van der Waals surface area contributed by atoms with Crippen molar-refractivity contribution in [1.82, 2.24) is 4.90 Å². The first-order valence-electron chi connectivity index (χ1n) is 11.5. The SMILES string of the molecule is COCCN1C(=O)C(=O)/C(=C(\O)c2ccc(C)c(C)c2)C1c1ccc(OCc2ccccc2)cc1. The number of amides is 1. The summed E-state index contributed by atoms with van der Waals surface area (Å²) >= 11 is 0. The summed E-state index contributed by atoms with van der Waals surface area (Å²) in [4.78, 5) is 27.5. The molecular weight excluding hydrogens is 442 g/mol. The Kier molecular flexibility index (Phi) is 7.32. The van der Waals surface area contributed by atoms with E-state index < -0.39 is 17.7 Å². The summed E-state index contributed by atoms with van der Waals surface area (Å²) in [5, 5.41) is 11.2. The van der Waals surface area contributed by atoms with E-state index in [1.165, 1.54) is 4.90 Å². The number of benzene rings is 3. The fourth-order valence-corrected chi connectivity index (χ4v) is 4.18. The summed E-state index contributed by atoms with van der Waals surface area (Å²) in [6, 6.07) is 21.9. The highest BCUT2D eigenvalue weighted by Crippen LogP contribution is 2.39. The summed E-state index contributed by atoms with van der Waals surface area (Å²) in [6.07, 6.45) is 0. The van der Waals surface area contributed by atoms with E-state index in [9.17, 15) is 14.7 Å². The molecule has 1 amide bonds. The van der Waals surface area contributed by atoms with E-state index >= 15 is 0 Å². The second-order valence-corrected chi connectivity index (χ2v) is 8.63. The minimum absolute atomic E-state index is 0.0762. The van der Waals surface area contributed by atoms with Crippen molar-refractivity contribution in [1.29, 1.82) is 0 Å². The molecule has 1 aliphatic rings. The molecule has 0 radical (unpaired) electrons. The molecule has 6 heteroatoms. The van der Waals surface area contributed by atoms with Gasteiger partial charge in [0.05, 0.1) is 18.2 Å². The molecular formula is C29H29NO5. The van der Waals surface area contributed by atoms with E-state index in [1.807, 2.05) is 80.6 Å². The molecule has 1 unspecified atom stereocenters. The molecule has 1 atom stereocenters. The highest BCUT2D eigenvalue weighted by atomic mass is 16.5. The standard InChI is InChI=1S/C29H29NO5/c1-19-9-10-23(17-20(19)2)27(31)25-26(30(15-16-34-3)29(33)28(25)32)22-11-13-24(14-12-22)35-18-21-7-5-4-6-8-21/h4-14,17,26,31H,15-16,18H2,1-3H3/b27-25-. The topological polar surface area (TPSA) is 76.1 Å². The average Bonchev–Trinajstić information content (AvgIpc) is 3.13. The highest BCUT2D eigenvalue weighted by molar-refractivity contribution is 6.46. The molecule has 0 saturated carbocycles. The van der Waals surface area contributed by atoms with Gasteiger partial charge in [0.2, 0.25) is 0 Å². The fourth-order valence-electron chi connectivity index (χ4n) is 4.18. The molecule has 1 N–H and O–H groups in total. The van der Waals surface area contributed by atoms with Gasteiger partial charge in [0, 0.05) is 19.2 Å². The van der Waals surface area contributed by atoms with E-state index in [0.717, 1.165) is 16.7 Å². The number of aliphatic hydroxyl groups excluding tert-OH is 1. The first-order chi connectivity index (χ1) is 16.9. The van der Waals surface area contributed by atoms with Gasteiger partial charge in [-0.2, -0.15) is 0 Å². The van der Waals surface area contributed by atoms with E-state index in [0.29, 0.717) is 23.5 Å². The number of rotatable bonds is 8. The Labute approximate surface area is 205 Å². The minimum Gasteiger partial charge on any atom is -0.507 e. The van der Waals surface area contributed by atoms with Gasteiger partial charge in [-0.1, -0.05) is 54.6 Å². The zero-order valence-corrected chi connectivity index (χ0v) is 20.2. The number of hydrogen-bond donors (Lipinski definition) is 1. The van der Waals surface area contributed by atoms with Crippen LogP contribution in [0.4, 0.5) is 0 Å². The normalized spacial score (nSPS) is 17.1. The Morgan fingerprint density at radius 3 is 2.31 bits per heavy atom. The van der Waals surface area contributed by atoms with Crippen molar-refractivity contribution < 1.29 is 24.2 Å². The number of methoxy groups -OCH3 is 1. The zero-order chi connectivity index (χ0) is 24.9. The summed E-state index contributed by atoms with van der Waals surface area (Å²) in [5.74, 6) is -0.866. The van der Waals surface area contributed by atoms with Crippen LogP contribution >= 0.6 is 0 Å². The van der Waals surface area contributed by atoms with Gasteiger partial charge >= 0.3 is 0 Å². The Bertz CT molecular complexity index is 1250. The van der Waals surface area contributed by atoms with Crippen LogP contribution in [0.1, 0.15) is 33.9 Å². The molecule has 0 aliphatic carbocycles.